The molecule has 98 valence electrons. The average Bonchev–Trinajstić information content (AvgIpc) is 2.32. The van der Waals surface area contributed by atoms with Crippen LogP contribution in [0.1, 0.15) is 38.5 Å². The molecule has 0 atom stereocenters. The van der Waals surface area contributed by atoms with Crippen LogP contribution in [0.15, 0.2) is 0 Å². The molecule has 1 rings (SSSR count). The van der Waals surface area contributed by atoms with Crippen LogP contribution < -0.4 is 16.4 Å². The van der Waals surface area contributed by atoms with Gasteiger partial charge in [0.25, 0.3) is 0 Å². The minimum atomic E-state index is -0.0473. The van der Waals surface area contributed by atoms with Gasteiger partial charge in [0.15, 0.2) is 0 Å². The summed E-state index contributed by atoms with van der Waals surface area (Å²) in [5, 5.41) is 5.30. The Morgan fingerprint density at radius 2 is 1.82 bits per heavy atom. The van der Waals surface area contributed by atoms with Crippen molar-refractivity contribution >= 4 is 11.8 Å². The molecule has 1 aliphatic rings. The van der Waals surface area contributed by atoms with Gasteiger partial charge in [-0.3, -0.25) is 9.59 Å². The molecule has 5 nitrogen and oxygen atoms in total. The van der Waals surface area contributed by atoms with E-state index >= 15 is 0 Å². The highest BCUT2D eigenvalue weighted by atomic mass is 16.2. The zero-order chi connectivity index (χ0) is 12.7. The van der Waals surface area contributed by atoms with Crippen molar-refractivity contribution in [2.75, 3.05) is 13.6 Å². The third-order valence-corrected chi connectivity index (χ3v) is 3.32. The molecule has 0 spiro atoms. The van der Waals surface area contributed by atoms with E-state index < -0.39 is 0 Å². The van der Waals surface area contributed by atoms with Gasteiger partial charge in [0.1, 0.15) is 0 Å². The average molecular weight is 241 g/mol. The van der Waals surface area contributed by atoms with Gasteiger partial charge in [-0.05, 0) is 31.6 Å². The van der Waals surface area contributed by atoms with Crippen LogP contribution in [0, 0.1) is 5.92 Å². The van der Waals surface area contributed by atoms with Crippen LogP contribution in [0.25, 0.3) is 0 Å². The van der Waals surface area contributed by atoms with Gasteiger partial charge in [0, 0.05) is 32.5 Å². The lowest BCUT2D eigenvalue weighted by molar-refractivity contribution is -0.122. The number of carbonyl (C=O) groups is 2. The minimum absolute atomic E-state index is 0.0473. The van der Waals surface area contributed by atoms with E-state index in [0.717, 1.165) is 25.7 Å². The molecule has 17 heavy (non-hydrogen) atoms. The standard InChI is InChI=1S/C12H23N3O2/c1-14-11(16)6-7-15-12(17)8-9-2-4-10(13)5-3-9/h9-10H,2-8,13H2,1H3,(H,14,16)(H,15,17). The van der Waals surface area contributed by atoms with E-state index in [0.29, 0.717) is 31.3 Å². The van der Waals surface area contributed by atoms with E-state index in [-0.39, 0.29) is 11.8 Å². The lowest BCUT2D eigenvalue weighted by Gasteiger charge is -2.25. The van der Waals surface area contributed by atoms with Crippen molar-refractivity contribution in [1.82, 2.24) is 10.6 Å². The Morgan fingerprint density at radius 1 is 1.18 bits per heavy atom. The van der Waals surface area contributed by atoms with Crippen LogP contribution in [0.3, 0.4) is 0 Å². The molecule has 0 saturated heterocycles. The van der Waals surface area contributed by atoms with Crippen molar-refractivity contribution in [2.24, 2.45) is 11.7 Å². The Bertz CT molecular complexity index is 260. The first-order chi connectivity index (χ1) is 8.11. The molecular formula is C12H23N3O2. The highest BCUT2D eigenvalue weighted by molar-refractivity contribution is 5.78. The highest BCUT2D eigenvalue weighted by Gasteiger charge is 2.20. The SMILES string of the molecule is CNC(=O)CCNC(=O)CC1CCC(N)CC1. The molecular weight excluding hydrogens is 218 g/mol. The monoisotopic (exact) mass is 241 g/mol. The maximum Gasteiger partial charge on any atom is 0.221 e. The quantitative estimate of drug-likeness (QED) is 0.640. The summed E-state index contributed by atoms with van der Waals surface area (Å²) in [7, 11) is 1.59. The first-order valence-corrected chi connectivity index (χ1v) is 6.34. The predicted octanol–water partition coefficient (Wildman–Crippen LogP) is 0.146. The third-order valence-electron chi connectivity index (χ3n) is 3.32. The van der Waals surface area contributed by atoms with E-state index in [2.05, 4.69) is 10.6 Å². The highest BCUT2D eigenvalue weighted by Crippen LogP contribution is 2.25. The molecule has 0 heterocycles. The largest absolute Gasteiger partial charge is 0.359 e. The Hall–Kier alpha value is -1.10. The van der Waals surface area contributed by atoms with E-state index in [1.807, 2.05) is 0 Å². The second-order valence-electron chi connectivity index (χ2n) is 4.76. The van der Waals surface area contributed by atoms with Crippen LogP contribution >= 0.6 is 0 Å². The Kier molecular flexibility index (Phi) is 5.97. The van der Waals surface area contributed by atoms with Crippen LogP contribution in [0.5, 0.6) is 0 Å². The second-order valence-corrected chi connectivity index (χ2v) is 4.76. The van der Waals surface area contributed by atoms with Gasteiger partial charge in [-0.2, -0.15) is 0 Å². The van der Waals surface area contributed by atoms with Crippen molar-refractivity contribution in [3.63, 3.8) is 0 Å². The number of nitrogens with one attached hydrogen (secondary N) is 2. The summed E-state index contributed by atoms with van der Waals surface area (Å²) in [6.07, 6.45) is 5.05. The number of nitrogens with two attached hydrogens (primary N) is 1. The summed E-state index contributed by atoms with van der Waals surface area (Å²) in [4.78, 5) is 22.5. The van der Waals surface area contributed by atoms with Gasteiger partial charge in [-0.1, -0.05) is 0 Å². The molecule has 2 amide bonds. The van der Waals surface area contributed by atoms with Crippen molar-refractivity contribution in [3.05, 3.63) is 0 Å². The summed E-state index contributed by atoms with van der Waals surface area (Å²) < 4.78 is 0. The van der Waals surface area contributed by atoms with Gasteiger partial charge in [0.05, 0.1) is 0 Å². The van der Waals surface area contributed by atoms with Crippen LogP contribution in [-0.2, 0) is 9.59 Å². The molecule has 0 bridgehead atoms. The maximum atomic E-state index is 11.6. The van der Waals surface area contributed by atoms with E-state index in [1.54, 1.807) is 7.05 Å². The molecule has 1 saturated carbocycles. The fourth-order valence-corrected chi connectivity index (χ4v) is 2.17. The summed E-state index contributed by atoms with van der Waals surface area (Å²) >= 11 is 0. The molecule has 1 aliphatic carbocycles. The molecule has 0 aromatic rings. The van der Waals surface area contributed by atoms with Crippen molar-refractivity contribution in [2.45, 2.75) is 44.6 Å². The van der Waals surface area contributed by atoms with Crippen LogP contribution in [0.2, 0.25) is 0 Å². The summed E-state index contributed by atoms with van der Waals surface area (Å²) in [5.41, 5.74) is 5.81. The van der Waals surface area contributed by atoms with E-state index in [4.69, 9.17) is 5.73 Å². The number of hydrogen-bond acceptors (Lipinski definition) is 3. The topological polar surface area (TPSA) is 84.2 Å². The molecule has 0 aromatic carbocycles. The number of hydrogen-bond donors (Lipinski definition) is 3. The zero-order valence-electron chi connectivity index (χ0n) is 10.5. The van der Waals surface area contributed by atoms with Crippen LogP contribution in [-0.4, -0.2) is 31.4 Å². The smallest absolute Gasteiger partial charge is 0.221 e. The number of carbonyl (C=O) groups excluding carboxylic acids is 2. The molecule has 4 N–H and O–H groups in total. The van der Waals surface area contributed by atoms with Crippen molar-refractivity contribution in [3.8, 4) is 0 Å². The van der Waals surface area contributed by atoms with Gasteiger partial charge in [-0.15, -0.1) is 0 Å². The Labute approximate surface area is 103 Å². The Balaban J connectivity index is 2.10. The first kappa shape index (κ1) is 14.0. The van der Waals surface area contributed by atoms with Crippen molar-refractivity contribution in [1.29, 1.82) is 0 Å². The fourth-order valence-electron chi connectivity index (χ4n) is 2.17. The summed E-state index contributed by atoms with van der Waals surface area (Å²) in [6.45, 7) is 0.421. The third kappa shape index (κ3) is 5.68. The molecule has 0 aromatic heterocycles. The molecule has 1 fully saturated rings. The predicted molar refractivity (Wildman–Crippen MR) is 66.2 cm³/mol. The fraction of sp³-hybridized carbons (Fsp3) is 0.833. The minimum Gasteiger partial charge on any atom is -0.359 e. The zero-order valence-corrected chi connectivity index (χ0v) is 10.5. The molecule has 0 unspecified atom stereocenters. The second kappa shape index (κ2) is 7.27. The lowest BCUT2D eigenvalue weighted by atomic mass is 9.84. The molecule has 0 radical (unpaired) electrons. The molecule has 5 heteroatoms. The maximum absolute atomic E-state index is 11.6. The summed E-state index contributed by atoms with van der Waals surface area (Å²) in [6, 6.07) is 0.322. The number of rotatable bonds is 5. The van der Waals surface area contributed by atoms with Crippen molar-refractivity contribution < 1.29 is 9.59 Å². The van der Waals surface area contributed by atoms with Gasteiger partial charge >= 0.3 is 0 Å². The Morgan fingerprint density at radius 3 is 2.41 bits per heavy atom. The molecule has 0 aliphatic heterocycles. The van der Waals surface area contributed by atoms with Gasteiger partial charge in [-0.25, -0.2) is 0 Å². The van der Waals surface area contributed by atoms with E-state index in [9.17, 15) is 9.59 Å². The summed E-state index contributed by atoms with van der Waals surface area (Å²) in [5.74, 6) is 0.470. The van der Waals surface area contributed by atoms with Gasteiger partial charge < -0.3 is 16.4 Å². The van der Waals surface area contributed by atoms with Crippen LogP contribution in [0.4, 0.5) is 0 Å². The number of amides is 2. The first-order valence-electron chi connectivity index (χ1n) is 6.34. The normalized spacial score (nSPS) is 24.1. The van der Waals surface area contributed by atoms with E-state index in [1.165, 1.54) is 0 Å². The van der Waals surface area contributed by atoms with Gasteiger partial charge in [0.2, 0.25) is 11.8 Å². The lowest BCUT2D eigenvalue weighted by Crippen LogP contribution is -2.32.